The number of carbonyl (C=O) groups is 1. The third-order valence-electron chi connectivity index (χ3n) is 3.07. The van der Waals surface area contributed by atoms with E-state index in [0.717, 1.165) is 17.2 Å². The predicted octanol–water partition coefficient (Wildman–Crippen LogP) is 2.34. The van der Waals surface area contributed by atoms with Crippen molar-refractivity contribution in [2.75, 3.05) is 5.32 Å². The first-order valence-electron chi connectivity index (χ1n) is 6.40. The Labute approximate surface area is 122 Å². The molecule has 0 aromatic heterocycles. The second-order valence-electron chi connectivity index (χ2n) is 4.50. The van der Waals surface area contributed by atoms with Crippen molar-refractivity contribution in [1.29, 1.82) is 5.26 Å². The lowest BCUT2D eigenvalue weighted by atomic mass is 10.0. The van der Waals surface area contributed by atoms with E-state index in [0.29, 0.717) is 12.2 Å². The van der Waals surface area contributed by atoms with E-state index in [4.69, 9.17) is 11.0 Å². The molecule has 0 heterocycles. The van der Waals surface area contributed by atoms with Crippen LogP contribution in [0.25, 0.3) is 0 Å². The fourth-order valence-corrected chi connectivity index (χ4v) is 2.01. The number of nitrogens with two attached hydrogens (primary N) is 1. The van der Waals surface area contributed by atoms with E-state index >= 15 is 0 Å². The van der Waals surface area contributed by atoms with Crippen LogP contribution in [0, 0.1) is 17.1 Å². The highest BCUT2D eigenvalue weighted by molar-refractivity contribution is 5.93. The second kappa shape index (κ2) is 6.64. The van der Waals surface area contributed by atoms with E-state index < -0.39 is 5.82 Å². The fourth-order valence-electron chi connectivity index (χ4n) is 2.01. The summed E-state index contributed by atoms with van der Waals surface area (Å²) in [5.41, 5.74) is 7.75. The maximum Gasteiger partial charge on any atom is 0.228 e. The van der Waals surface area contributed by atoms with Gasteiger partial charge in [-0.3, -0.25) is 4.79 Å². The summed E-state index contributed by atoms with van der Waals surface area (Å²) in [5, 5.41) is 11.6. The highest BCUT2D eigenvalue weighted by Crippen LogP contribution is 2.17. The molecule has 0 aliphatic rings. The molecule has 1 amide bonds. The number of amides is 1. The topological polar surface area (TPSA) is 78.9 Å². The molecule has 2 rings (SSSR count). The Hall–Kier alpha value is -2.71. The van der Waals surface area contributed by atoms with Gasteiger partial charge in [0.1, 0.15) is 11.9 Å². The Balaban J connectivity index is 2.14. The van der Waals surface area contributed by atoms with Crippen LogP contribution >= 0.6 is 0 Å². The zero-order valence-electron chi connectivity index (χ0n) is 11.3. The van der Waals surface area contributed by atoms with Crippen molar-refractivity contribution in [2.45, 2.75) is 13.0 Å². The van der Waals surface area contributed by atoms with Crippen molar-refractivity contribution >= 4 is 11.6 Å². The van der Waals surface area contributed by atoms with Gasteiger partial charge in [0.15, 0.2) is 0 Å². The Morgan fingerprint density at radius 2 is 1.95 bits per heavy atom. The molecule has 0 aliphatic carbocycles. The van der Waals surface area contributed by atoms with Crippen LogP contribution in [0.3, 0.4) is 0 Å². The first-order valence-corrected chi connectivity index (χ1v) is 6.40. The maximum absolute atomic E-state index is 13.0. The molecular weight excluding hydrogens is 269 g/mol. The Morgan fingerprint density at radius 1 is 1.24 bits per heavy atom. The van der Waals surface area contributed by atoms with Gasteiger partial charge >= 0.3 is 0 Å². The molecule has 2 aromatic carbocycles. The van der Waals surface area contributed by atoms with Crippen LogP contribution in [0.4, 0.5) is 10.1 Å². The number of hydrogen-bond acceptors (Lipinski definition) is 3. The van der Waals surface area contributed by atoms with E-state index in [9.17, 15) is 9.18 Å². The van der Waals surface area contributed by atoms with Crippen molar-refractivity contribution in [3.05, 3.63) is 65.0 Å². The average molecular weight is 283 g/mol. The third kappa shape index (κ3) is 3.65. The molecule has 0 spiro atoms. The van der Waals surface area contributed by atoms with E-state index in [1.165, 1.54) is 12.1 Å². The zero-order valence-corrected chi connectivity index (χ0v) is 11.3. The number of anilines is 1. The van der Waals surface area contributed by atoms with Gasteiger partial charge in [0.05, 0.1) is 17.7 Å². The summed E-state index contributed by atoms with van der Waals surface area (Å²) in [5.74, 6) is -0.794. The minimum absolute atomic E-state index is 0.0930. The van der Waals surface area contributed by atoms with Crippen LogP contribution in [-0.4, -0.2) is 5.91 Å². The van der Waals surface area contributed by atoms with E-state index in [-0.39, 0.29) is 17.9 Å². The smallest absolute Gasteiger partial charge is 0.228 e. The predicted molar refractivity (Wildman–Crippen MR) is 77.8 cm³/mol. The van der Waals surface area contributed by atoms with Crippen LogP contribution in [0.15, 0.2) is 42.5 Å². The van der Waals surface area contributed by atoms with Gasteiger partial charge in [0.25, 0.3) is 0 Å². The van der Waals surface area contributed by atoms with Crippen molar-refractivity contribution in [3.8, 4) is 6.07 Å². The molecule has 5 heteroatoms. The molecule has 0 aliphatic heterocycles. The van der Waals surface area contributed by atoms with Gasteiger partial charge in [-0.05, 0) is 29.3 Å². The van der Waals surface area contributed by atoms with Crippen molar-refractivity contribution in [1.82, 2.24) is 0 Å². The van der Waals surface area contributed by atoms with Crippen LogP contribution in [0.2, 0.25) is 0 Å². The summed E-state index contributed by atoms with van der Waals surface area (Å²) >= 11 is 0. The van der Waals surface area contributed by atoms with E-state index in [2.05, 4.69) is 5.32 Å². The summed E-state index contributed by atoms with van der Waals surface area (Å²) in [4.78, 5) is 12.0. The Bertz CT molecular complexity index is 707. The summed E-state index contributed by atoms with van der Waals surface area (Å²) in [6, 6.07) is 12.9. The quantitative estimate of drug-likeness (QED) is 0.904. The largest absolute Gasteiger partial charge is 0.326 e. The van der Waals surface area contributed by atoms with Gasteiger partial charge in [-0.25, -0.2) is 4.39 Å². The molecule has 4 nitrogen and oxygen atoms in total. The maximum atomic E-state index is 13.0. The lowest BCUT2D eigenvalue weighted by molar-refractivity contribution is -0.115. The van der Waals surface area contributed by atoms with Crippen molar-refractivity contribution in [2.24, 2.45) is 5.73 Å². The van der Waals surface area contributed by atoms with Gasteiger partial charge in [-0.1, -0.05) is 24.3 Å². The molecule has 0 fully saturated rings. The number of nitriles is 1. The van der Waals surface area contributed by atoms with Crippen LogP contribution in [-0.2, 0) is 17.8 Å². The highest BCUT2D eigenvalue weighted by atomic mass is 19.1. The number of hydrogen-bond donors (Lipinski definition) is 2. The molecule has 3 N–H and O–H groups in total. The van der Waals surface area contributed by atoms with Crippen LogP contribution in [0.5, 0.6) is 0 Å². The molecule has 0 radical (unpaired) electrons. The van der Waals surface area contributed by atoms with Crippen molar-refractivity contribution < 1.29 is 9.18 Å². The van der Waals surface area contributed by atoms with Gasteiger partial charge in [-0.2, -0.15) is 5.26 Å². The van der Waals surface area contributed by atoms with Gasteiger partial charge < -0.3 is 11.1 Å². The molecule has 106 valence electrons. The molecule has 21 heavy (non-hydrogen) atoms. The molecule has 0 unspecified atom stereocenters. The van der Waals surface area contributed by atoms with Crippen molar-refractivity contribution in [3.63, 3.8) is 0 Å². The monoisotopic (exact) mass is 283 g/mol. The molecule has 0 saturated heterocycles. The third-order valence-corrected chi connectivity index (χ3v) is 3.07. The number of rotatable bonds is 4. The number of carbonyl (C=O) groups excluding carboxylic acids is 1. The molecule has 0 saturated carbocycles. The zero-order chi connectivity index (χ0) is 15.2. The summed E-state index contributed by atoms with van der Waals surface area (Å²) in [6.45, 7) is 0.351. The number of halogens is 1. The SMILES string of the molecule is N#Cc1cc(F)ccc1NC(=O)Cc1ccccc1CN. The number of benzene rings is 2. The number of nitrogens with one attached hydrogen (secondary N) is 1. The normalized spacial score (nSPS) is 9.95. The average Bonchev–Trinajstić information content (AvgIpc) is 2.49. The fraction of sp³-hybridized carbons (Fsp3) is 0.125. The molecule has 0 atom stereocenters. The first kappa shape index (κ1) is 14.7. The lowest BCUT2D eigenvalue weighted by Gasteiger charge is -2.09. The van der Waals surface area contributed by atoms with Gasteiger partial charge in [-0.15, -0.1) is 0 Å². The molecule has 0 bridgehead atoms. The lowest BCUT2D eigenvalue weighted by Crippen LogP contribution is -2.17. The van der Waals surface area contributed by atoms with E-state index in [1.807, 2.05) is 30.3 Å². The second-order valence-corrected chi connectivity index (χ2v) is 4.50. The summed E-state index contributed by atoms with van der Waals surface area (Å²) in [7, 11) is 0. The van der Waals surface area contributed by atoms with Gasteiger partial charge in [0.2, 0.25) is 5.91 Å². The minimum atomic E-state index is -0.516. The minimum Gasteiger partial charge on any atom is -0.326 e. The Kier molecular flexibility index (Phi) is 4.64. The highest BCUT2D eigenvalue weighted by Gasteiger charge is 2.10. The molecular formula is C16H14FN3O. The van der Waals surface area contributed by atoms with Crippen LogP contribution in [0.1, 0.15) is 16.7 Å². The van der Waals surface area contributed by atoms with E-state index in [1.54, 1.807) is 0 Å². The summed E-state index contributed by atoms with van der Waals surface area (Å²) < 4.78 is 13.0. The summed E-state index contributed by atoms with van der Waals surface area (Å²) in [6.07, 6.45) is 0.148. The first-order chi connectivity index (χ1) is 10.1. The standard InChI is InChI=1S/C16H14FN3O/c17-14-5-6-15(13(7-14)10-19)20-16(21)8-11-3-1-2-4-12(11)9-18/h1-7H,8-9,18H2,(H,20,21). The van der Waals surface area contributed by atoms with Crippen LogP contribution < -0.4 is 11.1 Å². The Morgan fingerprint density at radius 3 is 2.62 bits per heavy atom. The van der Waals surface area contributed by atoms with Gasteiger partial charge in [0, 0.05) is 6.54 Å². The number of nitrogens with zero attached hydrogens (tertiary/aromatic N) is 1. The molecule has 2 aromatic rings.